The van der Waals surface area contributed by atoms with E-state index in [0.717, 1.165) is 31.4 Å². The molecule has 2 heterocycles. The van der Waals surface area contributed by atoms with Crippen molar-refractivity contribution in [2.24, 2.45) is 0 Å². The van der Waals surface area contributed by atoms with Gasteiger partial charge in [-0.25, -0.2) is 13.4 Å². The number of sulfone groups is 1. The van der Waals surface area contributed by atoms with Crippen LogP contribution in [0.15, 0.2) is 27.5 Å². The van der Waals surface area contributed by atoms with Gasteiger partial charge in [-0.1, -0.05) is 26.2 Å². The zero-order chi connectivity index (χ0) is 17.4. The molecule has 0 spiro atoms. The van der Waals surface area contributed by atoms with Crippen LogP contribution in [0.2, 0.25) is 0 Å². The summed E-state index contributed by atoms with van der Waals surface area (Å²) in [7, 11) is -3.21. The molecule has 4 rings (SSSR count). The molecular weight excluding hydrogens is 336 g/mol. The smallest absolute Gasteiger partial charge is 0.199 e. The topological polar surface area (TPSA) is 63.4 Å². The molecule has 0 radical (unpaired) electrons. The standard InChI is InChI=1S/C19H26N2O3S/c1-2-25(22,23)16-8-9-18-17(12-16)20-19(24-18)14-10-11-21(13-14)15-6-4-3-5-7-15/h8-9,12,14-15H,2-7,10-11,13H2,1H3/t14-/m0/s1. The van der Waals surface area contributed by atoms with E-state index >= 15 is 0 Å². The first-order chi connectivity index (χ1) is 12.1. The van der Waals surface area contributed by atoms with Crippen molar-refractivity contribution in [3.05, 3.63) is 24.1 Å². The minimum Gasteiger partial charge on any atom is -0.440 e. The van der Waals surface area contributed by atoms with Gasteiger partial charge >= 0.3 is 0 Å². The Bertz CT molecular complexity index is 853. The zero-order valence-corrected chi connectivity index (χ0v) is 15.6. The van der Waals surface area contributed by atoms with E-state index in [4.69, 9.17) is 4.42 Å². The molecule has 1 saturated heterocycles. The van der Waals surface area contributed by atoms with E-state index in [1.54, 1.807) is 25.1 Å². The van der Waals surface area contributed by atoms with Crippen LogP contribution in [0.5, 0.6) is 0 Å². The minimum atomic E-state index is -3.21. The van der Waals surface area contributed by atoms with Crippen LogP contribution in [0.3, 0.4) is 0 Å². The van der Waals surface area contributed by atoms with Crippen LogP contribution in [0.25, 0.3) is 11.1 Å². The summed E-state index contributed by atoms with van der Waals surface area (Å²) < 4.78 is 30.1. The van der Waals surface area contributed by atoms with Crippen LogP contribution < -0.4 is 0 Å². The van der Waals surface area contributed by atoms with Crippen molar-refractivity contribution in [1.82, 2.24) is 9.88 Å². The molecule has 2 aromatic rings. The van der Waals surface area contributed by atoms with Gasteiger partial charge in [0.2, 0.25) is 0 Å². The second-order valence-corrected chi connectivity index (χ2v) is 9.64. The summed E-state index contributed by atoms with van der Waals surface area (Å²) in [6.45, 7) is 3.78. The van der Waals surface area contributed by atoms with Gasteiger partial charge in [-0.05, 0) is 44.0 Å². The molecule has 1 atom stereocenters. The third-order valence-corrected chi connectivity index (χ3v) is 7.51. The first kappa shape index (κ1) is 17.0. The predicted molar refractivity (Wildman–Crippen MR) is 97.5 cm³/mol. The van der Waals surface area contributed by atoms with Crippen LogP contribution in [-0.4, -0.2) is 43.2 Å². The monoisotopic (exact) mass is 362 g/mol. The largest absolute Gasteiger partial charge is 0.440 e. The number of likely N-dealkylation sites (tertiary alicyclic amines) is 1. The molecular formula is C19H26N2O3S. The average Bonchev–Trinajstić information content (AvgIpc) is 3.28. The highest BCUT2D eigenvalue weighted by Gasteiger charge is 2.32. The van der Waals surface area contributed by atoms with Crippen molar-refractivity contribution < 1.29 is 12.8 Å². The van der Waals surface area contributed by atoms with Gasteiger partial charge in [0.05, 0.1) is 10.6 Å². The SMILES string of the molecule is CCS(=O)(=O)c1ccc2oc([C@H]3CCN(C4CCCCC4)C3)nc2c1. The molecule has 2 aliphatic rings. The third-order valence-electron chi connectivity index (χ3n) is 5.77. The Kier molecular flexibility index (Phi) is 4.58. The van der Waals surface area contributed by atoms with Crippen molar-refractivity contribution >= 4 is 20.9 Å². The van der Waals surface area contributed by atoms with Crippen LogP contribution >= 0.6 is 0 Å². The molecule has 5 nitrogen and oxygen atoms in total. The number of nitrogens with zero attached hydrogens (tertiary/aromatic N) is 2. The number of rotatable bonds is 4. The Hall–Kier alpha value is -1.40. The van der Waals surface area contributed by atoms with E-state index in [1.807, 2.05) is 0 Å². The maximum atomic E-state index is 12.1. The molecule has 1 aromatic carbocycles. The second kappa shape index (κ2) is 6.72. The van der Waals surface area contributed by atoms with E-state index in [0.29, 0.717) is 21.9 Å². The van der Waals surface area contributed by atoms with Gasteiger partial charge in [-0.2, -0.15) is 0 Å². The van der Waals surface area contributed by atoms with Crippen LogP contribution in [0.1, 0.15) is 57.3 Å². The fourth-order valence-electron chi connectivity index (χ4n) is 4.23. The van der Waals surface area contributed by atoms with Crippen molar-refractivity contribution in [3.63, 3.8) is 0 Å². The van der Waals surface area contributed by atoms with E-state index in [2.05, 4.69) is 9.88 Å². The predicted octanol–water partition coefficient (Wildman–Crippen LogP) is 3.74. The van der Waals surface area contributed by atoms with Gasteiger partial charge in [0, 0.05) is 18.5 Å². The maximum absolute atomic E-state index is 12.1. The molecule has 6 heteroatoms. The summed E-state index contributed by atoms with van der Waals surface area (Å²) in [5.41, 5.74) is 1.34. The molecule has 0 unspecified atom stereocenters. The van der Waals surface area contributed by atoms with Gasteiger partial charge in [0.15, 0.2) is 21.3 Å². The number of benzene rings is 1. The van der Waals surface area contributed by atoms with Crippen molar-refractivity contribution in [2.75, 3.05) is 18.8 Å². The average molecular weight is 362 g/mol. The second-order valence-electron chi connectivity index (χ2n) is 7.36. The highest BCUT2D eigenvalue weighted by Crippen LogP contribution is 2.33. The normalized spacial score (nSPS) is 23.5. The van der Waals surface area contributed by atoms with Gasteiger partial charge in [0.25, 0.3) is 0 Å². The molecule has 1 saturated carbocycles. The summed E-state index contributed by atoms with van der Waals surface area (Å²) in [5, 5.41) is 0. The first-order valence-electron chi connectivity index (χ1n) is 9.44. The van der Waals surface area contributed by atoms with Gasteiger partial charge in [-0.15, -0.1) is 0 Å². The first-order valence-corrected chi connectivity index (χ1v) is 11.1. The Morgan fingerprint density at radius 1 is 1.20 bits per heavy atom. The third kappa shape index (κ3) is 3.34. The lowest BCUT2D eigenvalue weighted by atomic mass is 9.94. The van der Waals surface area contributed by atoms with Crippen molar-refractivity contribution in [1.29, 1.82) is 0 Å². The van der Waals surface area contributed by atoms with E-state index in [1.165, 1.54) is 32.1 Å². The minimum absolute atomic E-state index is 0.0994. The lowest BCUT2D eigenvalue weighted by Crippen LogP contribution is -2.34. The summed E-state index contributed by atoms with van der Waals surface area (Å²) >= 11 is 0. The molecule has 25 heavy (non-hydrogen) atoms. The number of hydrogen-bond donors (Lipinski definition) is 0. The lowest BCUT2D eigenvalue weighted by molar-refractivity contribution is 0.188. The fourth-order valence-corrected chi connectivity index (χ4v) is 5.13. The van der Waals surface area contributed by atoms with Gasteiger partial charge in [-0.3, -0.25) is 4.90 Å². The maximum Gasteiger partial charge on any atom is 0.199 e. The van der Waals surface area contributed by atoms with Crippen LogP contribution in [-0.2, 0) is 9.84 Å². The number of oxazole rings is 1. The molecule has 1 aliphatic heterocycles. The Labute approximate surface area is 149 Å². The Morgan fingerprint density at radius 3 is 2.76 bits per heavy atom. The Morgan fingerprint density at radius 2 is 2.00 bits per heavy atom. The lowest BCUT2D eigenvalue weighted by Gasteiger charge is -2.30. The van der Waals surface area contributed by atoms with Gasteiger partial charge in [0.1, 0.15) is 5.52 Å². The molecule has 0 bridgehead atoms. The number of aromatic nitrogens is 1. The van der Waals surface area contributed by atoms with Crippen LogP contribution in [0, 0.1) is 0 Å². The molecule has 2 fully saturated rings. The molecule has 1 aliphatic carbocycles. The summed E-state index contributed by atoms with van der Waals surface area (Å²) in [6.07, 6.45) is 7.79. The van der Waals surface area contributed by atoms with Crippen molar-refractivity contribution in [2.45, 2.75) is 62.3 Å². The highest BCUT2D eigenvalue weighted by atomic mass is 32.2. The number of hydrogen-bond acceptors (Lipinski definition) is 5. The Balaban J connectivity index is 1.54. The molecule has 0 amide bonds. The highest BCUT2D eigenvalue weighted by molar-refractivity contribution is 7.91. The fraction of sp³-hybridized carbons (Fsp3) is 0.632. The zero-order valence-electron chi connectivity index (χ0n) is 14.8. The van der Waals surface area contributed by atoms with E-state index < -0.39 is 9.84 Å². The molecule has 136 valence electrons. The molecule has 1 aromatic heterocycles. The van der Waals surface area contributed by atoms with Crippen LogP contribution in [0.4, 0.5) is 0 Å². The quantitative estimate of drug-likeness (QED) is 0.829. The summed E-state index contributed by atoms with van der Waals surface area (Å²) in [6, 6.07) is 5.74. The van der Waals surface area contributed by atoms with Gasteiger partial charge < -0.3 is 4.42 Å². The summed E-state index contributed by atoms with van der Waals surface area (Å²) in [5.74, 6) is 1.18. The summed E-state index contributed by atoms with van der Waals surface area (Å²) in [4.78, 5) is 7.56. The van der Waals surface area contributed by atoms with E-state index in [-0.39, 0.29) is 5.75 Å². The van der Waals surface area contributed by atoms with Crippen molar-refractivity contribution in [3.8, 4) is 0 Å². The molecule has 0 N–H and O–H groups in total. The van der Waals surface area contributed by atoms with E-state index in [9.17, 15) is 8.42 Å². The number of fused-ring (bicyclic) bond motifs is 1.